The lowest BCUT2D eigenvalue weighted by molar-refractivity contribution is 0.0698. The number of H-pyrrole nitrogens is 1. The quantitative estimate of drug-likeness (QED) is 0.774. The summed E-state index contributed by atoms with van der Waals surface area (Å²) >= 11 is 0. The zero-order chi connectivity index (χ0) is 11.3. The van der Waals surface area contributed by atoms with Crippen molar-refractivity contribution in [2.75, 3.05) is 0 Å². The van der Waals surface area contributed by atoms with Crippen molar-refractivity contribution in [2.45, 2.75) is 19.3 Å². The van der Waals surface area contributed by atoms with E-state index >= 15 is 0 Å². The normalized spacial score (nSPS) is 14.3. The number of carboxylic acids is 1. The van der Waals surface area contributed by atoms with Crippen LogP contribution in [0.3, 0.4) is 0 Å². The average molecular weight is 219 g/mol. The number of hydrogen-bond acceptors (Lipinski definition) is 1. The second-order valence-electron chi connectivity index (χ2n) is 4.12. The molecule has 3 nitrogen and oxygen atoms in total. The summed E-state index contributed by atoms with van der Waals surface area (Å²) in [6, 6.07) is 2.48. The Labute approximate surface area is 90.9 Å². The van der Waals surface area contributed by atoms with Crippen LogP contribution in [0.4, 0.5) is 4.39 Å². The molecule has 0 bridgehead atoms. The number of carbonyl (C=O) groups is 1. The molecule has 0 unspecified atom stereocenters. The maximum atomic E-state index is 13.3. The van der Waals surface area contributed by atoms with Gasteiger partial charge in [0.15, 0.2) is 0 Å². The number of rotatable bonds is 1. The van der Waals surface area contributed by atoms with Gasteiger partial charge in [0.1, 0.15) is 5.82 Å². The topological polar surface area (TPSA) is 53.1 Å². The van der Waals surface area contributed by atoms with Gasteiger partial charge in [-0.15, -0.1) is 0 Å². The average Bonchev–Trinajstić information content (AvgIpc) is 2.77. The van der Waals surface area contributed by atoms with Crippen LogP contribution in [0.2, 0.25) is 0 Å². The molecule has 0 fully saturated rings. The van der Waals surface area contributed by atoms with Crippen LogP contribution < -0.4 is 0 Å². The second-order valence-corrected chi connectivity index (χ2v) is 4.12. The maximum Gasteiger partial charge on any atom is 0.337 e. The highest BCUT2D eigenvalue weighted by molar-refractivity contribution is 6.03. The van der Waals surface area contributed by atoms with Crippen molar-refractivity contribution in [3.05, 3.63) is 34.8 Å². The molecule has 1 aromatic heterocycles. The minimum absolute atomic E-state index is 0.0180. The Morgan fingerprint density at radius 1 is 1.38 bits per heavy atom. The highest BCUT2D eigenvalue weighted by atomic mass is 19.1. The number of benzene rings is 1. The zero-order valence-electron chi connectivity index (χ0n) is 8.51. The molecule has 1 aromatic carbocycles. The Balaban J connectivity index is 2.40. The van der Waals surface area contributed by atoms with Gasteiger partial charge >= 0.3 is 5.97 Å². The van der Waals surface area contributed by atoms with E-state index in [-0.39, 0.29) is 5.56 Å². The summed E-state index contributed by atoms with van der Waals surface area (Å²) in [5.74, 6) is -1.58. The van der Waals surface area contributed by atoms with Crippen LogP contribution in [-0.4, -0.2) is 16.1 Å². The summed E-state index contributed by atoms with van der Waals surface area (Å²) < 4.78 is 13.3. The molecular weight excluding hydrogens is 209 g/mol. The number of hydrogen-bond donors (Lipinski definition) is 2. The minimum Gasteiger partial charge on any atom is -0.478 e. The van der Waals surface area contributed by atoms with Gasteiger partial charge < -0.3 is 10.1 Å². The van der Waals surface area contributed by atoms with Gasteiger partial charge in [-0.3, -0.25) is 0 Å². The maximum absolute atomic E-state index is 13.3. The molecule has 1 aliphatic rings. The molecule has 1 aliphatic carbocycles. The van der Waals surface area contributed by atoms with Gasteiger partial charge in [0.2, 0.25) is 0 Å². The third-order valence-corrected chi connectivity index (χ3v) is 3.15. The van der Waals surface area contributed by atoms with Crippen molar-refractivity contribution < 1.29 is 14.3 Å². The number of nitrogens with one attached hydrogen (secondary N) is 1. The van der Waals surface area contributed by atoms with E-state index in [4.69, 9.17) is 5.11 Å². The standard InChI is InChI=1S/C12H10FNO2/c13-6-4-8-7-2-1-3-10(7)14-11(8)9(5-6)12(15)16/h4-5,14H,1-3H2,(H,15,16). The molecule has 4 heteroatoms. The lowest BCUT2D eigenvalue weighted by Crippen LogP contribution is -1.99. The SMILES string of the molecule is O=C(O)c1cc(F)cc2c3c([nH]c12)CCC3. The number of aromatic nitrogens is 1. The van der Waals surface area contributed by atoms with Crippen LogP contribution >= 0.6 is 0 Å². The molecule has 1 heterocycles. The summed E-state index contributed by atoms with van der Waals surface area (Å²) in [5, 5.41) is 9.74. The minimum atomic E-state index is -1.09. The molecule has 0 saturated carbocycles. The van der Waals surface area contributed by atoms with Gasteiger partial charge in [-0.05, 0) is 37.0 Å². The van der Waals surface area contributed by atoms with Crippen molar-refractivity contribution in [2.24, 2.45) is 0 Å². The summed E-state index contributed by atoms with van der Waals surface area (Å²) in [6.07, 6.45) is 2.87. The van der Waals surface area contributed by atoms with Gasteiger partial charge in [-0.2, -0.15) is 0 Å². The molecule has 2 aromatic rings. The Hall–Kier alpha value is -1.84. The van der Waals surface area contributed by atoms with E-state index in [9.17, 15) is 9.18 Å². The largest absolute Gasteiger partial charge is 0.478 e. The van der Waals surface area contributed by atoms with Crippen LogP contribution in [0.25, 0.3) is 10.9 Å². The van der Waals surface area contributed by atoms with E-state index < -0.39 is 11.8 Å². The molecule has 0 spiro atoms. The first kappa shape index (κ1) is 9.39. The number of aromatic carboxylic acids is 1. The first-order chi connectivity index (χ1) is 7.66. The predicted molar refractivity (Wildman–Crippen MR) is 57.2 cm³/mol. The van der Waals surface area contributed by atoms with E-state index in [1.165, 1.54) is 6.07 Å². The summed E-state index contributed by atoms with van der Waals surface area (Å²) in [4.78, 5) is 14.1. The Kier molecular flexibility index (Phi) is 1.80. The van der Waals surface area contributed by atoms with Crippen LogP contribution in [0.5, 0.6) is 0 Å². The summed E-state index contributed by atoms with van der Waals surface area (Å²) in [5.41, 5.74) is 2.71. The van der Waals surface area contributed by atoms with E-state index in [1.54, 1.807) is 0 Å². The molecule has 2 N–H and O–H groups in total. The van der Waals surface area contributed by atoms with Crippen LogP contribution in [-0.2, 0) is 12.8 Å². The van der Waals surface area contributed by atoms with E-state index in [2.05, 4.69) is 4.98 Å². The van der Waals surface area contributed by atoms with Gasteiger partial charge in [0.05, 0.1) is 11.1 Å². The van der Waals surface area contributed by atoms with Crippen LogP contribution in [0, 0.1) is 5.82 Å². The number of carboxylic acid groups (broad SMARTS) is 1. The van der Waals surface area contributed by atoms with Gasteiger partial charge in [0, 0.05) is 11.1 Å². The summed E-state index contributed by atoms with van der Waals surface area (Å²) in [6.45, 7) is 0. The molecule has 0 amide bonds. The first-order valence-electron chi connectivity index (χ1n) is 5.23. The molecule has 82 valence electrons. The Morgan fingerprint density at radius 3 is 2.94 bits per heavy atom. The van der Waals surface area contributed by atoms with Crippen molar-refractivity contribution in [1.82, 2.24) is 4.98 Å². The first-order valence-corrected chi connectivity index (χ1v) is 5.23. The van der Waals surface area contributed by atoms with Crippen molar-refractivity contribution in [3.8, 4) is 0 Å². The van der Waals surface area contributed by atoms with Crippen molar-refractivity contribution in [3.63, 3.8) is 0 Å². The lowest BCUT2D eigenvalue weighted by atomic mass is 10.1. The molecule has 16 heavy (non-hydrogen) atoms. The lowest BCUT2D eigenvalue weighted by Gasteiger charge is -1.99. The smallest absolute Gasteiger partial charge is 0.337 e. The summed E-state index contributed by atoms with van der Waals surface area (Å²) in [7, 11) is 0. The molecule has 0 atom stereocenters. The molecule has 0 radical (unpaired) electrons. The van der Waals surface area contributed by atoms with E-state index in [0.717, 1.165) is 42.0 Å². The molecule has 0 aliphatic heterocycles. The third kappa shape index (κ3) is 1.16. The second kappa shape index (κ2) is 3.07. The molecule has 3 rings (SSSR count). The van der Waals surface area contributed by atoms with Gasteiger partial charge in [0.25, 0.3) is 0 Å². The zero-order valence-corrected chi connectivity index (χ0v) is 8.51. The Bertz CT molecular complexity index is 601. The number of aromatic amines is 1. The van der Waals surface area contributed by atoms with E-state index in [1.807, 2.05) is 0 Å². The Morgan fingerprint density at radius 2 is 2.19 bits per heavy atom. The van der Waals surface area contributed by atoms with Crippen molar-refractivity contribution in [1.29, 1.82) is 0 Å². The third-order valence-electron chi connectivity index (χ3n) is 3.15. The van der Waals surface area contributed by atoms with Crippen LogP contribution in [0.1, 0.15) is 28.0 Å². The monoisotopic (exact) mass is 219 g/mol. The van der Waals surface area contributed by atoms with Crippen LogP contribution in [0.15, 0.2) is 12.1 Å². The highest BCUT2D eigenvalue weighted by Crippen LogP contribution is 2.32. The van der Waals surface area contributed by atoms with Gasteiger partial charge in [-0.1, -0.05) is 0 Å². The number of fused-ring (bicyclic) bond motifs is 3. The van der Waals surface area contributed by atoms with Gasteiger partial charge in [-0.25, -0.2) is 9.18 Å². The number of aryl methyl sites for hydroxylation is 2. The fourth-order valence-corrected chi connectivity index (χ4v) is 2.48. The fraction of sp³-hybridized carbons (Fsp3) is 0.250. The van der Waals surface area contributed by atoms with Crippen molar-refractivity contribution >= 4 is 16.9 Å². The molecular formula is C12H10FNO2. The highest BCUT2D eigenvalue weighted by Gasteiger charge is 2.21. The fourth-order valence-electron chi connectivity index (χ4n) is 2.48. The predicted octanol–water partition coefficient (Wildman–Crippen LogP) is 2.49. The molecule has 0 saturated heterocycles. The number of halogens is 1. The van der Waals surface area contributed by atoms with E-state index in [0.29, 0.717) is 5.52 Å².